The third kappa shape index (κ3) is 1.88. The number of guanidine groups is 1. The first-order valence-corrected chi connectivity index (χ1v) is 3.00. The Morgan fingerprint density at radius 2 is 2.60 bits per heavy atom. The van der Waals surface area contributed by atoms with Gasteiger partial charge in [-0.2, -0.15) is 0 Å². The smallest absolute Gasteiger partial charge is 0.352 e. The highest BCUT2D eigenvalue weighted by atomic mass is 16.7. The standard InChI is InChI=1S/C4H9N4O2/c9-8(10)7-4-5-2-1-3-6-4/h1-3H2,(H,9,10)(H2,5,6,7)/q+1. The monoisotopic (exact) mass is 145 g/mol. The zero-order valence-corrected chi connectivity index (χ0v) is 5.37. The number of nitrogens with zero attached hydrogens (tertiary/aromatic N) is 2. The highest BCUT2D eigenvalue weighted by molar-refractivity contribution is 5.78. The van der Waals surface area contributed by atoms with Gasteiger partial charge in [-0.1, -0.05) is 0 Å². The number of hydrogen-bond donors (Lipinski definition) is 3. The van der Waals surface area contributed by atoms with Crippen molar-refractivity contribution in [2.45, 2.75) is 6.42 Å². The summed E-state index contributed by atoms with van der Waals surface area (Å²) in [5.41, 5.74) is 2.05. The Bertz CT molecular complexity index is 167. The van der Waals surface area contributed by atoms with Crippen LogP contribution in [0.15, 0.2) is 4.99 Å². The quantitative estimate of drug-likeness (QED) is 0.414. The summed E-state index contributed by atoms with van der Waals surface area (Å²) in [5, 5.41) is 10.6. The molecule has 0 amide bonds. The van der Waals surface area contributed by atoms with E-state index in [1.54, 1.807) is 0 Å². The molecule has 0 aliphatic carbocycles. The average Bonchev–Trinajstić information content (AvgIpc) is 1.88. The molecule has 56 valence electrons. The predicted octanol–water partition coefficient (Wildman–Crippen LogP) is -0.992. The van der Waals surface area contributed by atoms with Crippen LogP contribution in [0.4, 0.5) is 0 Å². The lowest BCUT2D eigenvalue weighted by Gasteiger charge is -2.08. The van der Waals surface area contributed by atoms with Crippen LogP contribution in [0.25, 0.3) is 0 Å². The predicted molar refractivity (Wildman–Crippen MR) is 33.5 cm³/mol. The highest BCUT2D eigenvalue weighted by Crippen LogP contribution is 1.85. The van der Waals surface area contributed by atoms with Gasteiger partial charge < -0.3 is 5.32 Å². The van der Waals surface area contributed by atoms with E-state index in [0.29, 0.717) is 12.5 Å². The van der Waals surface area contributed by atoms with Crippen LogP contribution in [-0.2, 0) is 0 Å². The Hall–Kier alpha value is -1.33. The molecule has 0 unspecified atom stereocenters. The zero-order valence-electron chi connectivity index (χ0n) is 5.37. The topological polar surface area (TPSA) is 76.7 Å². The maximum atomic E-state index is 9.95. The maximum absolute atomic E-state index is 9.95. The van der Waals surface area contributed by atoms with Crippen LogP contribution in [-0.4, -0.2) is 29.3 Å². The van der Waals surface area contributed by atoms with Gasteiger partial charge in [-0.05, 0) is 11.8 Å². The van der Waals surface area contributed by atoms with Crippen molar-refractivity contribution in [2.24, 2.45) is 4.99 Å². The minimum atomic E-state index is -0.378. The normalized spacial score (nSPS) is 17.0. The van der Waals surface area contributed by atoms with Crippen LogP contribution in [0.3, 0.4) is 0 Å². The van der Waals surface area contributed by atoms with Gasteiger partial charge in [0.1, 0.15) is 4.91 Å². The molecule has 0 atom stereocenters. The van der Waals surface area contributed by atoms with E-state index in [-0.39, 0.29) is 5.03 Å². The van der Waals surface area contributed by atoms with E-state index in [0.717, 1.165) is 13.0 Å². The average molecular weight is 145 g/mol. The molecule has 6 heteroatoms. The summed E-state index contributed by atoms with van der Waals surface area (Å²) in [5.74, 6) is 0.323. The molecule has 0 fully saturated rings. The lowest BCUT2D eigenvalue weighted by molar-refractivity contribution is -0.822. The Morgan fingerprint density at radius 1 is 1.80 bits per heavy atom. The van der Waals surface area contributed by atoms with E-state index < -0.39 is 0 Å². The summed E-state index contributed by atoms with van der Waals surface area (Å²) < 4.78 is 0. The van der Waals surface area contributed by atoms with Gasteiger partial charge in [0.15, 0.2) is 0 Å². The zero-order chi connectivity index (χ0) is 7.40. The summed E-state index contributed by atoms with van der Waals surface area (Å²) in [7, 11) is 0. The van der Waals surface area contributed by atoms with Crippen molar-refractivity contribution in [2.75, 3.05) is 13.1 Å². The van der Waals surface area contributed by atoms with Crippen molar-refractivity contribution < 1.29 is 10.2 Å². The van der Waals surface area contributed by atoms with Crippen molar-refractivity contribution in [3.63, 3.8) is 0 Å². The number of hydrazine groups is 1. The van der Waals surface area contributed by atoms with Crippen LogP contribution in [0.1, 0.15) is 6.42 Å². The molecule has 6 nitrogen and oxygen atoms in total. The second kappa shape index (κ2) is 3.00. The van der Waals surface area contributed by atoms with Crippen molar-refractivity contribution in [3.8, 4) is 0 Å². The second-order valence-electron chi connectivity index (χ2n) is 1.90. The molecule has 1 heterocycles. The first-order valence-electron chi connectivity index (χ1n) is 3.00. The first kappa shape index (κ1) is 6.79. The molecule has 1 aliphatic heterocycles. The molecule has 0 spiro atoms. The fraction of sp³-hybridized carbons (Fsp3) is 0.750. The van der Waals surface area contributed by atoms with Crippen molar-refractivity contribution in [3.05, 3.63) is 4.91 Å². The minimum absolute atomic E-state index is 0.323. The summed E-state index contributed by atoms with van der Waals surface area (Å²) in [6.45, 7) is 1.46. The first-order chi connectivity index (χ1) is 4.79. The second-order valence-corrected chi connectivity index (χ2v) is 1.90. The Morgan fingerprint density at radius 3 is 3.10 bits per heavy atom. The van der Waals surface area contributed by atoms with Gasteiger partial charge in [0, 0.05) is 13.1 Å². The van der Waals surface area contributed by atoms with Crippen LogP contribution in [0.2, 0.25) is 0 Å². The molecule has 0 aromatic rings. The van der Waals surface area contributed by atoms with E-state index >= 15 is 0 Å². The van der Waals surface area contributed by atoms with E-state index in [1.165, 1.54) is 0 Å². The summed E-state index contributed by atoms with van der Waals surface area (Å²) in [6.07, 6.45) is 0.954. The Kier molecular flexibility index (Phi) is 2.03. The SMILES string of the molecule is O=[N+](O)NC1=NCCCN1. The van der Waals surface area contributed by atoms with E-state index in [1.807, 2.05) is 0 Å². The van der Waals surface area contributed by atoms with Crippen molar-refractivity contribution in [1.29, 1.82) is 0 Å². The lowest BCUT2D eigenvalue weighted by atomic mass is 10.4. The Balaban J connectivity index is 2.38. The van der Waals surface area contributed by atoms with Gasteiger partial charge in [0.05, 0.1) is 0 Å². The number of nitrogens with one attached hydrogen (secondary N) is 2. The number of aliphatic imine (C=N–C) groups is 1. The highest BCUT2D eigenvalue weighted by Gasteiger charge is 2.10. The van der Waals surface area contributed by atoms with Crippen molar-refractivity contribution >= 4 is 5.96 Å². The van der Waals surface area contributed by atoms with Crippen molar-refractivity contribution in [1.82, 2.24) is 10.7 Å². The fourth-order valence-corrected chi connectivity index (χ4v) is 0.698. The van der Waals surface area contributed by atoms with Gasteiger partial charge in [0.25, 0.3) is 5.96 Å². The summed E-state index contributed by atoms with van der Waals surface area (Å²) in [6, 6.07) is 0. The molecule has 0 bridgehead atoms. The molecule has 10 heavy (non-hydrogen) atoms. The van der Waals surface area contributed by atoms with Crippen LogP contribution >= 0.6 is 0 Å². The summed E-state index contributed by atoms with van der Waals surface area (Å²) in [4.78, 5) is 13.8. The Labute approximate surface area is 57.4 Å². The molecule has 0 saturated heterocycles. The molecule has 1 aliphatic rings. The molecule has 0 radical (unpaired) electrons. The maximum Gasteiger partial charge on any atom is 0.362 e. The number of hydrogen-bond acceptors (Lipinski definition) is 3. The molecular weight excluding hydrogens is 136 g/mol. The molecule has 3 N–H and O–H groups in total. The van der Waals surface area contributed by atoms with Gasteiger partial charge in [0.2, 0.25) is 0 Å². The van der Waals surface area contributed by atoms with Crippen LogP contribution < -0.4 is 10.7 Å². The van der Waals surface area contributed by atoms with E-state index in [9.17, 15) is 4.91 Å². The van der Waals surface area contributed by atoms with Gasteiger partial charge in [-0.25, -0.2) is 10.2 Å². The van der Waals surface area contributed by atoms with E-state index in [4.69, 9.17) is 5.21 Å². The third-order valence-electron chi connectivity index (χ3n) is 1.10. The fourth-order valence-electron chi connectivity index (χ4n) is 0.698. The molecule has 1 rings (SSSR count). The van der Waals surface area contributed by atoms with Gasteiger partial charge >= 0.3 is 5.03 Å². The largest absolute Gasteiger partial charge is 0.362 e. The lowest BCUT2D eigenvalue weighted by Crippen LogP contribution is -2.44. The van der Waals surface area contributed by atoms with Gasteiger partial charge in [-0.15, -0.1) is 0 Å². The van der Waals surface area contributed by atoms with Crippen LogP contribution in [0.5, 0.6) is 0 Å². The summed E-state index contributed by atoms with van der Waals surface area (Å²) >= 11 is 0. The number of rotatable bonds is 1. The molecule has 0 aromatic carbocycles. The minimum Gasteiger partial charge on any atom is -0.352 e. The van der Waals surface area contributed by atoms with Crippen LogP contribution in [0, 0.1) is 4.91 Å². The molecule has 0 aromatic heterocycles. The third-order valence-corrected chi connectivity index (χ3v) is 1.10. The molecule has 0 saturated carbocycles. The van der Waals surface area contributed by atoms with E-state index in [2.05, 4.69) is 15.7 Å². The van der Waals surface area contributed by atoms with Gasteiger partial charge in [-0.3, -0.25) is 0 Å². The molecular formula is C4H9N4O2+.